The summed E-state index contributed by atoms with van der Waals surface area (Å²) in [5.41, 5.74) is 1.91. The molecular formula is C20H21N3O4. The Hall–Kier alpha value is -3.35. The van der Waals surface area contributed by atoms with Gasteiger partial charge in [-0.3, -0.25) is 14.4 Å². The van der Waals surface area contributed by atoms with Crippen molar-refractivity contribution < 1.29 is 19.1 Å². The van der Waals surface area contributed by atoms with E-state index in [1.807, 2.05) is 0 Å². The largest absolute Gasteiger partial charge is 0.497 e. The molecule has 1 aliphatic heterocycles. The van der Waals surface area contributed by atoms with Crippen LogP contribution in [0.3, 0.4) is 0 Å². The number of nitrogens with one attached hydrogen (secondary N) is 2. The lowest BCUT2D eigenvalue weighted by Gasteiger charge is -2.17. The molecule has 0 bridgehead atoms. The topological polar surface area (TPSA) is 87.7 Å². The van der Waals surface area contributed by atoms with Crippen molar-refractivity contribution in [2.45, 2.75) is 13.3 Å². The van der Waals surface area contributed by atoms with Gasteiger partial charge in [0.2, 0.25) is 17.7 Å². The summed E-state index contributed by atoms with van der Waals surface area (Å²) in [6.07, 6.45) is 0.156. The second kappa shape index (κ2) is 7.90. The Morgan fingerprint density at radius 1 is 1.07 bits per heavy atom. The molecule has 0 aliphatic carbocycles. The van der Waals surface area contributed by atoms with Crippen LogP contribution in [0.5, 0.6) is 5.75 Å². The average molecular weight is 367 g/mol. The highest BCUT2D eigenvalue weighted by Crippen LogP contribution is 2.27. The molecule has 3 rings (SSSR count). The monoisotopic (exact) mass is 367 g/mol. The maximum Gasteiger partial charge on any atom is 0.229 e. The zero-order valence-corrected chi connectivity index (χ0v) is 15.2. The van der Waals surface area contributed by atoms with Crippen LogP contribution in [0.1, 0.15) is 13.3 Å². The minimum absolute atomic E-state index is 0.0905. The molecular weight excluding hydrogens is 346 g/mol. The Bertz CT molecular complexity index is 864. The van der Waals surface area contributed by atoms with Crippen LogP contribution in [0.4, 0.5) is 17.1 Å². The first kappa shape index (κ1) is 18.4. The first-order chi connectivity index (χ1) is 13.0. The Labute approximate surface area is 157 Å². The van der Waals surface area contributed by atoms with E-state index in [1.165, 1.54) is 6.92 Å². The third-order valence-electron chi connectivity index (χ3n) is 4.33. The molecule has 0 aromatic heterocycles. The summed E-state index contributed by atoms with van der Waals surface area (Å²) < 4.78 is 5.12. The quantitative estimate of drug-likeness (QED) is 0.850. The first-order valence-electron chi connectivity index (χ1n) is 8.59. The molecule has 1 atom stereocenters. The van der Waals surface area contributed by atoms with Gasteiger partial charge in [-0.25, -0.2) is 0 Å². The highest BCUT2D eigenvalue weighted by Gasteiger charge is 2.35. The molecule has 1 fully saturated rings. The second-order valence-corrected chi connectivity index (χ2v) is 6.35. The molecule has 140 valence electrons. The predicted molar refractivity (Wildman–Crippen MR) is 103 cm³/mol. The van der Waals surface area contributed by atoms with Crippen molar-refractivity contribution >= 4 is 34.8 Å². The number of benzene rings is 2. The van der Waals surface area contributed by atoms with Crippen LogP contribution >= 0.6 is 0 Å². The van der Waals surface area contributed by atoms with Gasteiger partial charge in [0.25, 0.3) is 0 Å². The summed E-state index contributed by atoms with van der Waals surface area (Å²) in [6, 6.07) is 14.1. The molecule has 1 aliphatic rings. The molecule has 27 heavy (non-hydrogen) atoms. The van der Waals surface area contributed by atoms with Gasteiger partial charge in [0.15, 0.2) is 0 Å². The van der Waals surface area contributed by atoms with E-state index in [0.29, 0.717) is 23.7 Å². The van der Waals surface area contributed by atoms with E-state index in [1.54, 1.807) is 60.5 Å². The minimum atomic E-state index is -0.441. The molecule has 1 heterocycles. The van der Waals surface area contributed by atoms with Crippen molar-refractivity contribution in [2.75, 3.05) is 29.2 Å². The number of rotatable bonds is 5. The highest BCUT2D eigenvalue weighted by atomic mass is 16.5. The third-order valence-corrected chi connectivity index (χ3v) is 4.33. The molecule has 1 saturated heterocycles. The number of carbonyl (C=O) groups excluding carboxylic acids is 3. The fraction of sp³-hybridized carbons (Fsp3) is 0.250. The van der Waals surface area contributed by atoms with Crippen LogP contribution in [0.15, 0.2) is 48.5 Å². The van der Waals surface area contributed by atoms with Gasteiger partial charge >= 0.3 is 0 Å². The summed E-state index contributed by atoms with van der Waals surface area (Å²) in [4.78, 5) is 37.7. The number of anilines is 3. The predicted octanol–water partition coefficient (Wildman–Crippen LogP) is 2.65. The fourth-order valence-corrected chi connectivity index (χ4v) is 3.02. The van der Waals surface area contributed by atoms with Crippen molar-refractivity contribution in [2.24, 2.45) is 5.92 Å². The highest BCUT2D eigenvalue weighted by molar-refractivity contribution is 6.03. The van der Waals surface area contributed by atoms with E-state index in [2.05, 4.69) is 10.6 Å². The zero-order valence-electron chi connectivity index (χ0n) is 15.2. The number of hydrogen-bond acceptors (Lipinski definition) is 4. The molecule has 7 heteroatoms. The van der Waals surface area contributed by atoms with Gasteiger partial charge in [-0.15, -0.1) is 0 Å². The molecule has 7 nitrogen and oxygen atoms in total. The van der Waals surface area contributed by atoms with Gasteiger partial charge in [-0.1, -0.05) is 6.07 Å². The van der Waals surface area contributed by atoms with Crippen LogP contribution in [0, 0.1) is 5.92 Å². The molecule has 0 spiro atoms. The number of hydrogen-bond donors (Lipinski definition) is 2. The Morgan fingerprint density at radius 3 is 2.37 bits per heavy atom. The van der Waals surface area contributed by atoms with Crippen LogP contribution in [-0.4, -0.2) is 31.4 Å². The SMILES string of the molecule is COc1ccc(N2C[C@@H](C(=O)Nc3cccc(NC(C)=O)c3)CC2=O)cc1. The second-order valence-electron chi connectivity index (χ2n) is 6.35. The normalized spacial score (nSPS) is 16.1. The molecule has 0 unspecified atom stereocenters. The van der Waals surface area contributed by atoms with Gasteiger partial charge in [0.1, 0.15) is 5.75 Å². The van der Waals surface area contributed by atoms with Gasteiger partial charge in [0.05, 0.1) is 13.0 Å². The lowest BCUT2D eigenvalue weighted by Crippen LogP contribution is -2.28. The van der Waals surface area contributed by atoms with Crippen molar-refractivity contribution in [3.8, 4) is 5.75 Å². The smallest absolute Gasteiger partial charge is 0.229 e. The average Bonchev–Trinajstić information content (AvgIpc) is 3.03. The van der Waals surface area contributed by atoms with Crippen LogP contribution in [-0.2, 0) is 14.4 Å². The van der Waals surface area contributed by atoms with E-state index < -0.39 is 5.92 Å². The van der Waals surface area contributed by atoms with Crippen LogP contribution in [0.2, 0.25) is 0 Å². The van der Waals surface area contributed by atoms with Crippen molar-refractivity contribution in [1.82, 2.24) is 0 Å². The Kier molecular flexibility index (Phi) is 5.40. The lowest BCUT2D eigenvalue weighted by molar-refractivity contribution is -0.122. The van der Waals surface area contributed by atoms with Gasteiger partial charge in [-0.05, 0) is 42.5 Å². The molecule has 3 amide bonds. The maximum absolute atomic E-state index is 12.6. The number of methoxy groups -OCH3 is 1. The van der Waals surface area contributed by atoms with Crippen LogP contribution < -0.4 is 20.3 Å². The molecule has 2 aromatic rings. The number of nitrogens with zero attached hydrogens (tertiary/aromatic N) is 1. The molecule has 2 aromatic carbocycles. The summed E-state index contributed by atoms with van der Waals surface area (Å²) in [6.45, 7) is 1.74. The van der Waals surface area contributed by atoms with Crippen molar-refractivity contribution in [1.29, 1.82) is 0 Å². The van der Waals surface area contributed by atoms with E-state index in [4.69, 9.17) is 4.74 Å². The van der Waals surface area contributed by atoms with Gasteiger partial charge < -0.3 is 20.3 Å². The molecule has 2 N–H and O–H groups in total. The Balaban J connectivity index is 1.66. The number of ether oxygens (including phenoxy) is 1. The zero-order chi connectivity index (χ0) is 19.4. The third kappa shape index (κ3) is 4.44. The van der Waals surface area contributed by atoms with Crippen molar-refractivity contribution in [3.63, 3.8) is 0 Å². The van der Waals surface area contributed by atoms with Gasteiger partial charge in [-0.2, -0.15) is 0 Å². The summed E-state index contributed by atoms with van der Waals surface area (Å²) in [5, 5.41) is 5.49. The van der Waals surface area contributed by atoms with Gasteiger partial charge in [0, 0.05) is 37.0 Å². The summed E-state index contributed by atoms with van der Waals surface area (Å²) >= 11 is 0. The summed E-state index contributed by atoms with van der Waals surface area (Å²) in [7, 11) is 1.58. The van der Waals surface area contributed by atoms with E-state index in [9.17, 15) is 14.4 Å². The first-order valence-corrected chi connectivity index (χ1v) is 8.59. The Morgan fingerprint density at radius 2 is 1.74 bits per heavy atom. The standard InChI is InChI=1S/C20H21N3O4/c1-13(24)21-15-4-3-5-16(11-15)22-20(26)14-10-19(25)23(12-14)17-6-8-18(27-2)9-7-17/h3-9,11,14H,10,12H2,1-2H3,(H,21,24)(H,22,26)/t14-/m0/s1. The number of amides is 3. The summed E-state index contributed by atoms with van der Waals surface area (Å²) in [5.74, 6) is -0.232. The van der Waals surface area contributed by atoms with E-state index >= 15 is 0 Å². The van der Waals surface area contributed by atoms with E-state index in [0.717, 1.165) is 5.69 Å². The fourth-order valence-electron chi connectivity index (χ4n) is 3.02. The lowest BCUT2D eigenvalue weighted by atomic mass is 10.1. The molecule has 0 radical (unpaired) electrons. The maximum atomic E-state index is 12.6. The van der Waals surface area contributed by atoms with E-state index in [-0.39, 0.29) is 24.1 Å². The number of carbonyl (C=O) groups is 3. The minimum Gasteiger partial charge on any atom is -0.497 e. The van der Waals surface area contributed by atoms with Crippen molar-refractivity contribution in [3.05, 3.63) is 48.5 Å². The molecule has 0 saturated carbocycles. The van der Waals surface area contributed by atoms with Crippen LogP contribution in [0.25, 0.3) is 0 Å².